The summed E-state index contributed by atoms with van der Waals surface area (Å²) >= 11 is 6.05. The van der Waals surface area contributed by atoms with Gasteiger partial charge in [-0.1, -0.05) is 29.8 Å². The first-order chi connectivity index (χ1) is 12.0. The quantitative estimate of drug-likeness (QED) is 0.759. The summed E-state index contributed by atoms with van der Waals surface area (Å²) in [7, 11) is 0. The molecule has 128 valence electrons. The van der Waals surface area contributed by atoms with Gasteiger partial charge >= 0.3 is 0 Å². The molecule has 0 saturated carbocycles. The van der Waals surface area contributed by atoms with Crippen LogP contribution in [0.3, 0.4) is 0 Å². The van der Waals surface area contributed by atoms with Crippen LogP contribution in [0.5, 0.6) is 5.75 Å². The molecule has 1 aromatic heterocycles. The van der Waals surface area contributed by atoms with Gasteiger partial charge in [0.25, 0.3) is 5.91 Å². The van der Waals surface area contributed by atoms with Crippen LogP contribution in [0.15, 0.2) is 49.1 Å². The van der Waals surface area contributed by atoms with E-state index in [1.54, 1.807) is 29.2 Å². The zero-order valence-corrected chi connectivity index (χ0v) is 14.6. The van der Waals surface area contributed by atoms with E-state index in [4.69, 9.17) is 16.3 Å². The summed E-state index contributed by atoms with van der Waals surface area (Å²) in [5, 5.41) is 7.40. The summed E-state index contributed by atoms with van der Waals surface area (Å²) in [6.45, 7) is 3.79. The third kappa shape index (κ3) is 3.97. The molecule has 1 heterocycles. The third-order valence-corrected chi connectivity index (χ3v) is 3.89. The highest BCUT2D eigenvalue weighted by Crippen LogP contribution is 2.25. The number of halogens is 1. The minimum atomic E-state index is -0.286. The first-order valence-corrected chi connectivity index (χ1v) is 8.06. The fraction of sp³-hybridized carbons (Fsp3) is 0.167. The minimum absolute atomic E-state index is 0.102. The molecule has 3 rings (SSSR count). The van der Waals surface area contributed by atoms with Crippen LogP contribution in [0.2, 0.25) is 5.02 Å². The van der Waals surface area contributed by atoms with Gasteiger partial charge in [-0.2, -0.15) is 5.10 Å². The average molecular weight is 357 g/mol. The molecular weight excluding hydrogens is 340 g/mol. The highest BCUT2D eigenvalue weighted by atomic mass is 35.5. The van der Waals surface area contributed by atoms with Crippen molar-refractivity contribution >= 4 is 23.2 Å². The zero-order chi connectivity index (χ0) is 17.8. The first-order valence-electron chi connectivity index (χ1n) is 7.68. The number of aromatic nitrogens is 3. The second kappa shape index (κ2) is 7.36. The zero-order valence-electron chi connectivity index (χ0n) is 13.9. The van der Waals surface area contributed by atoms with E-state index >= 15 is 0 Å². The van der Waals surface area contributed by atoms with Gasteiger partial charge < -0.3 is 10.1 Å². The monoisotopic (exact) mass is 356 g/mol. The number of benzene rings is 2. The van der Waals surface area contributed by atoms with Gasteiger partial charge in [-0.25, -0.2) is 9.67 Å². The summed E-state index contributed by atoms with van der Waals surface area (Å²) in [5.74, 6) is 0.437. The normalized spacial score (nSPS) is 10.5. The Morgan fingerprint density at radius 3 is 2.68 bits per heavy atom. The van der Waals surface area contributed by atoms with Crippen molar-refractivity contribution in [1.82, 2.24) is 14.8 Å². The largest absolute Gasteiger partial charge is 0.483 e. The van der Waals surface area contributed by atoms with Crippen molar-refractivity contribution in [3.8, 4) is 11.4 Å². The van der Waals surface area contributed by atoms with Gasteiger partial charge in [0.05, 0.1) is 11.4 Å². The molecule has 0 saturated heterocycles. The number of para-hydroxylation sites is 1. The molecule has 2 aromatic carbocycles. The lowest BCUT2D eigenvalue weighted by molar-refractivity contribution is -0.118. The summed E-state index contributed by atoms with van der Waals surface area (Å²) in [6.07, 6.45) is 2.97. The number of carbonyl (C=O) groups is 1. The summed E-state index contributed by atoms with van der Waals surface area (Å²) in [6, 6.07) is 11.0. The van der Waals surface area contributed by atoms with Crippen molar-refractivity contribution in [3.63, 3.8) is 0 Å². The van der Waals surface area contributed by atoms with Crippen LogP contribution in [0, 0.1) is 13.8 Å². The molecule has 0 aliphatic carbocycles. The van der Waals surface area contributed by atoms with E-state index < -0.39 is 0 Å². The van der Waals surface area contributed by atoms with Gasteiger partial charge in [-0.15, -0.1) is 0 Å². The number of hydrogen-bond acceptors (Lipinski definition) is 4. The van der Waals surface area contributed by atoms with Crippen molar-refractivity contribution in [2.45, 2.75) is 13.8 Å². The Bertz CT molecular complexity index is 874. The molecule has 0 aliphatic heterocycles. The van der Waals surface area contributed by atoms with Crippen molar-refractivity contribution < 1.29 is 9.53 Å². The van der Waals surface area contributed by atoms with E-state index in [0.717, 1.165) is 16.9 Å². The Kier molecular flexibility index (Phi) is 5.00. The van der Waals surface area contributed by atoms with E-state index in [2.05, 4.69) is 15.4 Å². The first kappa shape index (κ1) is 17.0. The van der Waals surface area contributed by atoms with E-state index in [0.29, 0.717) is 16.4 Å². The van der Waals surface area contributed by atoms with Crippen LogP contribution >= 0.6 is 11.6 Å². The van der Waals surface area contributed by atoms with Gasteiger partial charge in [0, 0.05) is 5.02 Å². The lowest BCUT2D eigenvalue weighted by atomic mass is 10.1. The maximum absolute atomic E-state index is 12.3. The average Bonchev–Trinajstić information content (AvgIpc) is 3.09. The van der Waals surface area contributed by atoms with E-state index in [9.17, 15) is 4.79 Å². The van der Waals surface area contributed by atoms with E-state index in [1.165, 1.54) is 6.33 Å². The Balaban J connectivity index is 1.74. The molecule has 3 aromatic rings. The molecule has 0 aliphatic rings. The molecule has 1 amide bonds. The van der Waals surface area contributed by atoms with Crippen LogP contribution in [0.4, 0.5) is 5.69 Å². The standard InChI is InChI=1S/C18H17ClN4O2/c1-12-4-3-5-13(2)18(12)25-9-17(24)22-15-8-14(19)6-7-16(15)23-11-20-10-21-23/h3-8,10-11H,9H2,1-2H3,(H,22,24). The molecule has 0 spiro atoms. The predicted molar refractivity (Wildman–Crippen MR) is 96.4 cm³/mol. The summed E-state index contributed by atoms with van der Waals surface area (Å²) < 4.78 is 7.24. The van der Waals surface area contributed by atoms with Crippen LogP contribution in [0.25, 0.3) is 5.69 Å². The summed E-state index contributed by atoms with van der Waals surface area (Å²) in [4.78, 5) is 16.2. The lowest BCUT2D eigenvalue weighted by Gasteiger charge is -2.14. The number of anilines is 1. The van der Waals surface area contributed by atoms with Gasteiger partial charge in [-0.05, 0) is 43.2 Å². The van der Waals surface area contributed by atoms with Crippen molar-refractivity contribution in [1.29, 1.82) is 0 Å². The Hall–Kier alpha value is -2.86. The molecule has 0 atom stereocenters. The second-order valence-corrected chi connectivity index (χ2v) is 6.00. The predicted octanol–water partition coefficient (Wildman–Crippen LogP) is 3.56. The second-order valence-electron chi connectivity index (χ2n) is 5.56. The van der Waals surface area contributed by atoms with Gasteiger partial charge in [-0.3, -0.25) is 4.79 Å². The van der Waals surface area contributed by atoms with Crippen molar-refractivity contribution in [2.75, 3.05) is 11.9 Å². The van der Waals surface area contributed by atoms with Crippen LogP contribution in [-0.4, -0.2) is 27.3 Å². The Labute approximate surface area is 150 Å². The van der Waals surface area contributed by atoms with E-state index in [-0.39, 0.29) is 12.5 Å². The molecule has 0 radical (unpaired) electrons. The number of nitrogens with one attached hydrogen (secondary N) is 1. The fourth-order valence-corrected chi connectivity index (χ4v) is 2.66. The van der Waals surface area contributed by atoms with Crippen molar-refractivity contribution in [2.24, 2.45) is 0 Å². The topological polar surface area (TPSA) is 69.0 Å². The van der Waals surface area contributed by atoms with Crippen LogP contribution in [0.1, 0.15) is 11.1 Å². The summed E-state index contributed by atoms with van der Waals surface area (Å²) in [5.41, 5.74) is 3.17. The van der Waals surface area contributed by atoms with Gasteiger partial charge in [0.2, 0.25) is 0 Å². The third-order valence-electron chi connectivity index (χ3n) is 3.65. The molecule has 0 fully saturated rings. The van der Waals surface area contributed by atoms with Crippen LogP contribution < -0.4 is 10.1 Å². The van der Waals surface area contributed by atoms with Gasteiger partial charge in [0.15, 0.2) is 6.61 Å². The van der Waals surface area contributed by atoms with E-state index in [1.807, 2.05) is 32.0 Å². The SMILES string of the molecule is Cc1cccc(C)c1OCC(=O)Nc1cc(Cl)ccc1-n1cncn1. The molecule has 6 nitrogen and oxygen atoms in total. The number of ether oxygens (including phenoxy) is 1. The number of carbonyl (C=O) groups excluding carboxylic acids is 1. The Morgan fingerprint density at radius 1 is 1.24 bits per heavy atom. The molecule has 7 heteroatoms. The maximum atomic E-state index is 12.3. The fourth-order valence-electron chi connectivity index (χ4n) is 2.49. The number of amides is 1. The van der Waals surface area contributed by atoms with Gasteiger partial charge in [0.1, 0.15) is 18.4 Å². The molecular formula is C18H17ClN4O2. The molecule has 0 bridgehead atoms. The molecule has 25 heavy (non-hydrogen) atoms. The minimum Gasteiger partial charge on any atom is -0.483 e. The number of rotatable bonds is 5. The smallest absolute Gasteiger partial charge is 0.262 e. The number of nitrogens with zero attached hydrogens (tertiary/aromatic N) is 3. The van der Waals surface area contributed by atoms with Crippen molar-refractivity contribution in [3.05, 3.63) is 65.2 Å². The molecule has 0 unspecified atom stereocenters. The highest BCUT2D eigenvalue weighted by molar-refractivity contribution is 6.31. The molecule has 1 N–H and O–H groups in total. The van der Waals surface area contributed by atoms with Crippen LogP contribution in [-0.2, 0) is 4.79 Å². The number of aryl methyl sites for hydroxylation is 2. The lowest BCUT2D eigenvalue weighted by Crippen LogP contribution is -2.21. The maximum Gasteiger partial charge on any atom is 0.262 e. The Morgan fingerprint density at radius 2 is 2.00 bits per heavy atom. The number of hydrogen-bond donors (Lipinski definition) is 1. The highest BCUT2D eigenvalue weighted by Gasteiger charge is 2.12.